The lowest BCUT2D eigenvalue weighted by Crippen LogP contribution is -2.66. The summed E-state index contributed by atoms with van der Waals surface area (Å²) in [5.74, 6) is -6.03. The number of carboxylic acid groups (broad SMARTS) is 1. The van der Waals surface area contributed by atoms with Crippen molar-refractivity contribution in [1.82, 2.24) is 24.8 Å². The van der Waals surface area contributed by atoms with Gasteiger partial charge >= 0.3 is 18.4 Å². The van der Waals surface area contributed by atoms with Gasteiger partial charge in [0.15, 0.2) is 0 Å². The minimum Gasteiger partial charge on any atom is -0.497 e. The maximum atomic E-state index is 15.0. The van der Waals surface area contributed by atoms with Crippen LogP contribution in [-0.2, 0) is 30.6 Å². The quantitative estimate of drug-likeness (QED) is 0.195. The smallest absolute Gasteiger partial charge is 0.418 e. The minimum absolute atomic E-state index is 0.0154. The number of hydrogen-bond acceptors (Lipinski definition) is 9. The van der Waals surface area contributed by atoms with Gasteiger partial charge in [0.25, 0.3) is 5.91 Å². The van der Waals surface area contributed by atoms with Crippen molar-refractivity contribution in [2.45, 2.75) is 119 Å². The highest BCUT2D eigenvalue weighted by Gasteiger charge is 2.64. The summed E-state index contributed by atoms with van der Waals surface area (Å²) in [6, 6.07) is -0.103. The van der Waals surface area contributed by atoms with Crippen LogP contribution < -0.4 is 19.5 Å². The van der Waals surface area contributed by atoms with E-state index in [1.54, 1.807) is 19.1 Å². The molecule has 3 fully saturated rings. The Morgan fingerprint density at radius 1 is 1.08 bits per heavy atom. The Hall–Kier alpha value is -4.89. The van der Waals surface area contributed by atoms with Gasteiger partial charge in [0.2, 0.25) is 27.7 Å². The summed E-state index contributed by atoms with van der Waals surface area (Å²) in [4.78, 5) is 61.1. The van der Waals surface area contributed by atoms with Gasteiger partial charge in [-0.2, -0.15) is 26.3 Å². The summed E-state index contributed by atoms with van der Waals surface area (Å²) < 4.78 is 138. The second kappa shape index (κ2) is 16.3. The zero-order valence-corrected chi connectivity index (χ0v) is 35.2. The molecular formula is C40H48F7N5O9S. The van der Waals surface area contributed by atoms with E-state index in [-0.39, 0.29) is 58.9 Å². The summed E-state index contributed by atoms with van der Waals surface area (Å²) in [5, 5.41) is 12.4. The van der Waals surface area contributed by atoms with Crippen LogP contribution in [0.4, 0.5) is 35.5 Å². The molecule has 2 saturated carbocycles. The molecule has 2 aliphatic carbocycles. The minimum atomic E-state index is -5.20. The third kappa shape index (κ3) is 8.58. The molecule has 4 amide bonds. The van der Waals surface area contributed by atoms with Crippen LogP contribution in [0.25, 0.3) is 10.8 Å². The molecule has 1 aromatic heterocycles. The lowest BCUT2D eigenvalue weighted by atomic mass is 9.85. The van der Waals surface area contributed by atoms with Crippen molar-refractivity contribution in [3.63, 3.8) is 0 Å². The number of pyridine rings is 1. The van der Waals surface area contributed by atoms with Crippen molar-refractivity contribution >= 4 is 44.6 Å². The van der Waals surface area contributed by atoms with E-state index in [0.29, 0.717) is 32.9 Å². The van der Waals surface area contributed by atoms with Crippen molar-refractivity contribution in [2.75, 3.05) is 20.3 Å². The molecule has 3 heterocycles. The number of alkyl halides is 7. The zero-order chi connectivity index (χ0) is 46.0. The number of aromatic nitrogens is 1. The molecular weight excluding hydrogens is 860 g/mol. The van der Waals surface area contributed by atoms with E-state index < -0.39 is 117 Å². The van der Waals surface area contributed by atoms with Gasteiger partial charge in [-0.05, 0) is 82.4 Å². The van der Waals surface area contributed by atoms with Crippen molar-refractivity contribution in [2.24, 2.45) is 17.8 Å². The average molecular weight is 908 g/mol. The van der Waals surface area contributed by atoms with Gasteiger partial charge in [-0.25, -0.2) is 22.6 Å². The number of ether oxygens (including phenoxy) is 2. The van der Waals surface area contributed by atoms with Gasteiger partial charge in [-0.3, -0.25) is 24.0 Å². The van der Waals surface area contributed by atoms with Gasteiger partial charge in [-0.15, -0.1) is 0 Å². The first-order valence-corrected chi connectivity index (χ1v) is 21.4. The Balaban J connectivity index is 1.44. The zero-order valence-electron chi connectivity index (χ0n) is 34.4. The number of nitrogens with zero attached hydrogens (tertiary/aromatic N) is 3. The number of sulfonamides is 1. The highest BCUT2D eigenvalue weighted by atomic mass is 32.2. The second-order valence-corrected chi connectivity index (χ2v) is 19.4. The lowest BCUT2D eigenvalue weighted by molar-refractivity contribution is -0.222. The number of amides is 4. The van der Waals surface area contributed by atoms with Crippen molar-refractivity contribution in [3.05, 3.63) is 42.1 Å². The Morgan fingerprint density at radius 3 is 2.34 bits per heavy atom. The molecule has 1 aromatic carbocycles. The Morgan fingerprint density at radius 2 is 1.76 bits per heavy atom. The number of hydrogen-bond donors (Lipinski definition) is 3. The Labute approximate surface area is 352 Å². The van der Waals surface area contributed by atoms with Crippen LogP contribution >= 0.6 is 0 Å². The molecule has 7 atom stereocenters. The number of carbonyl (C=O) groups is 4. The third-order valence-corrected chi connectivity index (χ3v) is 14.8. The topological polar surface area (TPSA) is 185 Å². The molecule has 1 saturated heterocycles. The monoisotopic (exact) mass is 907 g/mol. The molecule has 0 radical (unpaired) electrons. The lowest BCUT2D eigenvalue weighted by Gasteiger charge is -2.45. The van der Waals surface area contributed by atoms with Crippen LogP contribution in [-0.4, -0.2) is 113 Å². The van der Waals surface area contributed by atoms with E-state index in [1.165, 1.54) is 26.2 Å². The molecule has 14 nitrogen and oxygen atoms in total. The first-order chi connectivity index (χ1) is 28.7. The number of nitrogens with one attached hydrogen (secondary N) is 2. The normalized spacial score (nSPS) is 28.2. The summed E-state index contributed by atoms with van der Waals surface area (Å²) in [5.41, 5.74) is -6.25. The van der Waals surface area contributed by atoms with Crippen LogP contribution in [0.5, 0.6) is 11.6 Å². The van der Waals surface area contributed by atoms with E-state index >= 15 is 0 Å². The summed E-state index contributed by atoms with van der Waals surface area (Å²) >= 11 is 0. The van der Waals surface area contributed by atoms with Crippen molar-refractivity contribution in [3.8, 4) is 11.6 Å². The van der Waals surface area contributed by atoms with Crippen LogP contribution in [0.3, 0.4) is 0 Å². The summed E-state index contributed by atoms with van der Waals surface area (Å²) in [6.07, 6.45) is -9.62. The third-order valence-electron chi connectivity index (χ3n) is 12.6. The molecule has 2 aromatic rings. The van der Waals surface area contributed by atoms with Gasteiger partial charge in [0, 0.05) is 29.3 Å². The van der Waals surface area contributed by atoms with Gasteiger partial charge < -0.3 is 24.8 Å². The number of methoxy groups -OCH3 is 1. The molecule has 3 N–H and O–H groups in total. The van der Waals surface area contributed by atoms with E-state index in [9.17, 15) is 63.4 Å². The fourth-order valence-electron chi connectivity index (χ4n) is 8.54. The molecule has 4 aliphatic rings. The predicted octanol–water partition coefficient (Wildman–Crippen LogP) is 6.14. The standard InChI is InChI=1S/C40H48F7N5O9S/c1-21-8-6-7-9-23-17-38(23,34(55)50-62(58,59)37(20-41)12-13-37)49-31(53)29-16-25(61-32-26-11-10-24(60-5)15-27(26)28(18-48-32)39(42,43)44)19-51(29)33(54)30(22(2)14-21)52(35(56)57)36(3,4)40(45,46)47/h7,9-11,15,18,21-23,25,29-30H,6,8,12-14,16-17,19-20H2,1-5H3,(H,49,53)(H,50,55)(H,56,57)/t21-,22-,23-,25-,29+,30+,38-/m1/s1. The number of carbonyl (C=O) groups excluding carboxylic acids is 3. The number of allylic oxidation sites excluding steroid dienone is 1. The molecule has 0 spiro atoms. The first kappa shape index (κ1) is 46.6. The van der Waals surface area contributed by atoms with E-state index in [0.717, 1.165) is 11.0 Å². The molecule has 62 heavy (non-hydrogen) atoms. The fourth-order valence-corrected chi connectivity index (χ4v) is 9.96. The van der Waals surface area contributed by atoms with E-state index in [2.05, 4.69) is 10.3 Å². The molecule has 342 valence electrons. The molecule has 6 rings (SSSR count). The molecule has 0 bridgehead atoms. The summed E-state index contributed by atoms with van der Waals surface area (Å²) in [6.45, 7) is 2.48. The van der Waals surface area contributed by atoms with Crippen LogP contribution in [0.15, 0.2) is 36.5 Å². The van der Waals surface area contributed by atoms with E-state index in [4.69, 9.17) is 9.47 Å². The highest BCUT2D eigenvalue weighted by Crippen LogP contribution is 2.48. The van der Waals surface area contributed by atoms with Crippen molar-refractivity contribution in [1.29, 1.82) is 0 Å². The fraction of sp³-hybridized carbons (Fsp3) is 0.625. The largest absolute Gasteiger partial charge is 0.497 e. The van der Waals surface area contributed by atoms with Crippen molar-refractivity contribution < 1.29 is 72.9 Å². The first-order valence-electron chi connectivity index (χ1n) is 19.9. The second-order valence-electron chi connectivity index (χ2n) is 17.4. The summed E-state index contributed by atoms with van der Waals surface area (Å²) in [7, 11) is -3.34. The number of halogens is 7. The molecule has 22 heteroatoms. The number of fused-ring (bicyclic) bond motifs is 3. The number of benzene rings is 1. The SMILES string of the molecule is COc1ccc2c(O[C@@H]3C[C@H]4C(=O)N[C@]5(C(=O)NS(=O)(=O)C6(CF)CC6)C[C@H]5C=CCC[C@@H](C)C[C@@H](C)[C@H](N(C(=O)O)C(C)(C)C(F)(F)F)C(=O)N4C3)ncc(C(F)(F)F)c2c1. The Kier molecular flexibility index (Phi) is 12.3. The van der Waals surface area contributed by atoms with Crippen LogP contribution in [0, 0.1) is 17.8 Å². The highest BCUT2D eigenvalue weighted by molar-refractivity contribution is 7.91. The van der Waals surface area contributed by atoms with Crippen LogP contribution in [0.2, 0.25) is 0 Å². The molecule has 0 unspecified atom stereocenters. The Bertz CT molecular complexity index is 2250. The van der Waals surface area contributed by atoms with Crippen LogP contribution in [0.1, 0.15) is 78.2 Å². The van der Waals surface area contributed by atoms with Gasteiger partial charge in [-0.1, -0.05) is 26.0 Å². The average Bonchev–Trinajstić information content (AvgIpc) is 4.08. The van der Waals surface area contributed by atoms with Gasteiger partial charge in [0.1, 0.15) is 46.4 Å². The maximum absolute atomic E-state index is 15.0. The number of rotatable bonds is 9. The predicted molar refractivity (Wildman–Crippen MR) is 207 cm³/mol. The molecule has 2 aliphatic heterocycles. The maximum Gasteiger partial charge on any atom is 0.418 e. The van der Waals surface area contributed by atoms with Gasteiger partial charge in [0.05, 0.1) is 19.2 Å². The van der Waals surface area contributed by atoms with E-state index in [1.807, 2.05) is 4.72 Å².